The van der Waals surface area contributed by atoms with Crippen LogP contribution in [0, 0.1) is 0 Å². The van der Waals surface area contributed by atoms with Crippen LogP contribution in [0.2, 0.25) is 5.02 Å². The Hall–Kier alpha value is -0.730. The molecule has 2 nitrogen and oxygen atoms in total. The number of benzene rings is 1. The molecule has 1 fully saturated rings. The first-order valence-corrected chi connectivity index (χ1v) is 8.34. The zero-order valence-electron chi connectivity index (χ0n) is 12.7. The Morgan fingerprint density at radius 1 is 1.35 bits per heavy atom. The zero-order chi connectivity index (χ0) is 14.5. The average Bonchev–Trinajstić information content (AvgIpc) is 2.47. The molecule has 0 amide bonds. The predicted molar refractivity (Wildman–Crippen MR) is 88.7 cm³/mol. The van der Waals surface area contributed by atoms with Crippen LogP contribution in [-0.4, -0.2) is 18.6 Å². The van der Waals surface area contributed by atoms with Gasteiger partial charge in [-0.3, -0.25) is 0 Å². The minimum Gasteiger partial charge on any atom is -0.367 e. The van der Waals surface area contributed by atoms with Crippen LogP contribution in [0.1, 0.15) is 51.5 Å². The summed E-state index contributed by atoms with van der Waals surface area (Å²) in [7, 11) is 0. The maximum Gasteiger partial charge on any atom is 0.0642 e. The van der Waals surface area contributed by atoms with Crippen molar-refractivity contribution in [3.05, 3.63) is 28.8 Å². The molecular weight excluding hydrogens is 268 g/mol. The van der Waals surface area contributed by atoms with Crippen LogP contribution in [-0.2, 0) is 6.42 Å². The number of nitrogens with zero attached hydrogens (tertiary/aromatic N) is 1. The molecule has 1 aromatic carbocycles. The molecule has 3 heteroatoms. The molecule has 0 bridgehead atoms. The summed E-state index contributed by atoms with van der Waals surface area (Å²) in [5.74, 6) is 0. The maximum absolute atomic E-state index is 6.53. The van der Waals surface area contributed by atoms with E-state index in [1.807, 2.05) is 0 Å². The minimum absolute atomic E-state index is 0.232. The molecule has 0 saturated carbocycles. The second-order valence-electron chi connectivity index (χ2n) is 5.91. The van der Waals surface area contributed by atoms with E-state index in [9.17, 15) is 0 Å². The Morgan fingerprint density at radius 3 is 2.80 bits per heavy atom. The zero-order valence-corrected chi connectivity index (χ0v) is 13.5. The molecule has 2 N–H and O–H groups in total. The SMILES string of the molecule is CCC(N)Cc1ccc(N2CCCCC2CC)c(Cl)c1. The fraction of sp³-hybridized carbons (Fsp3) is 0.647. The third-order valence-electron chi connectivity index (χ3n) is 4.44. The lowest BCUT2D eigenvalue weighted by molar-refractivity contribution is 0.450. The van der Waals surface area contributed by atoms with Crippen LogP contribution in [0.3, 0.4) is 0 Å². The van der Waals surface area contributed by atoms with Gasteiger partial charge in [-0.2, -0.15) is 0 Å². The summed E-state index contributed by atoms with van der Waals surface area (Å²) >= 11 is 6.53. The van der Waals surface area contributed by atoms with E-state index in [1.54, 1.807) is 0 Å². The van der Waals surface area contributed by atoms with E-state index in [-0.39, 0.29) is 6.04 Å². The highest BCUT2D eigenvalue weighted by Crippen LogP contribution is 2.33. The topological polar surface area (TPSA) is 29.3 Å². The predicted octanol–water partition coefficient (Wildman–Crippen LogP) is 4.39. The van der Waals surface area contributed by atoms with Crippen molar-refractivity contribution in [2.24, 2.45) is 5.73 Å². The molecule has 1 saturated heterocycles. The van der Waals surface area contributed by atoms with Gasteiger partial charge >= 0.3 is 0 Å². The molecule has 1 heterocycles. The molecular formula is C17H27ClN2. The second-order valence-corrected chi connectivity index (χ2v) is 6.32. The summed E-state index contributed by atoms with van der Waals surface area (Å²) in [6.45, 7) is 5.53. The molecule has 0 radical (unpaired) electrons. The van der Waals surface area contributed by atoms with Crippen molar-refractivity contribution in [3.8, 4) is 0 Å². The van der Waals surface area contributed by atoms with Crippen LogP contribution in [0.25, 0.3) is 0 Å². The Morgan fingerprint density at radius 2 is 2.15 bits per heavy atom. The van der Waals surface area contributed by atoms with Crippen molar-refractivity contribution in [2.75, 3.05) is 11.4 Å². The van der Waals surface area contributed by atoms with Gasteiger partial charge in [0, 0.05) is 18.6 Å². The van der Waals surface area contributed by atoms with Gasteiger partial charge in [0.2, 0.25) is 0 Å². The van der Waals surface area contributed by atoms with E-state index in [2.05, 4.69) is 36.9 Å². The number of piperidine rings is 1. The lowest BCUT2D eigenvalue weighted by atomic mass is 9.98. The molecule has 2 unspecified atom stereocenters. The van der Waals surface area contributed by atoms with Crippen LogP contribution >= 0.6 is 11.6 Å². The maximum atomic E-state index is 6.53. The van der Waals surface area contributed by atoms with Gasteiger partial charge in [0.05, 0.1) is 10.7 Å². The largest absolute Gasteiger partial charge is 0.367 e. The van der Waals surface area contributed by atoms with Crippen LogP contribution < -0.4 is 10.6 Å². The fourth-order valence-electron chi connectivity index (χ4n) is 3.10. The van der Waals surface area contributed by atoms with E-state index in [4.69, 9.17) is 17.3 Å². The first-order valence-electron chi connectivity index (χ1n) is 7.96. The lowest BCUT2D eigenvalue weighted by Crippen LogP contribution is -2.39. The summed E-state index contributed by atoms with van der Waals surface area (Å²) in [5.41, 5.74) is 8.48. The summed E-state index contributed by atoms with van der Waals surface area (Å²) in [4.78, 5) is 2.50. The van der Waals surface area contributed by atoms with Crippen molar-refractivity contribution in [3.63, 3.8) is 0 Å². The molecule has 2 atom stereocenters. The van der Waals surface area contributed by atoms with Crippen molar-refractivity contribution >= 4 is 17.3 Å². The van der Waals surface area contributed by atoms with Crippen molar-refractivity contribution in [2.45, 2.75) is 64.5 Å². The highest BCUT2D eigenvalue weighted by atomic mass is 35.5. The molecule has 20 heavy (non-hydrogen) atoms. The van der Waals surface area contributed by atoms with E-state index >= 15 is 0 Å². The summed E-state index contributed by atoms with van der Waals surface area (Å²) < 4.78 is 0. The normalized spacial score (nSPS) is 21.0. The first-order chi connectivity index (χ1) is 9.65. The van der Waals surface area contributed by atoms with Gasteiger partial charge < -0.3 is 10.6 Å². The van der Waals surface area contributed by atoms with Gasteiger partial charge in [0.15, 0.2) is 0 Å². The standard InChI is InChI=1S/C17H27ClN2/c1-3-14(19)11-13-8-9-17(16(18)12-13)20-10-6-5-7-15(20)4-2/h8-9,12,14-15H,3-7,10-11,19H2,1-2H3. The second kappa shape index (κ2) is 7.33. The molecule has 0 aromatic heterocycles. The van der Waals surface area contributed by atoms with Gasteiger partial charge in [-0.05, 0) is 56.2 Å². The van der Waals surface area contributed by atoms with E-state index < -0.39 is 0 Å². The van der Waals surface area contributed by atoms with Crippen LogP contribution in [0.15, 0.2) is 18.2 Å². The Balaban J connectivity index is 2.16. The molecule has 0 spiro atoms. The molecule has 0 aliphatic carbocycles. The molecule has 1 aromatic rings. The molecule has 1 aliphatic heterocycles. The Bertz CT molecular complexity index is 433. The number of hydrogen-bond acceptors (Lipinski definition) is 2. The molecule has 112 valence electrons. The smallest absolute Gasteiger partial charge is 0.0642 e. The van der Waals surface area contributed by atoms with Gasteiger partial charge in [0.25, 0.3) is 0 Å². The van der Waals surface area contributed by atoms with Gasteiger partial charge in [-0.25, -0.2) is 0 Å². The molecule has 2 rings (SSSR count). The van der Waals surface area contributed by atoms with Gasteiger partial charge in [-0.15, -0.1) is 0 Å². The number of rotatable bonds is 5. The highest BCUT2D eigenvalue weighted by molar-refractivity contribution is 6.33. The third kappa shape index (κ3) is 3.67. The van der Waals surface area contributed by atoms with E-state index in [0.29, 0.717) is 6.04 Å². The van der Waals surface area contributed by atoms with Gasteiger partial charge in [-0.1, -0.05) is 31.5 Å². The number of hydrogen-bond donors (Lipinski definition) is 1. The number of halogens is 1. The number of nitrogens with two attached hydrogens (primary N) is 1. The van der Waals surface area contributed by atoms with Crippen LogP contribution in [0.5, 0.6) is 0 Å². The third-order valence-corrected chi connectivity index (χ3v) is 4.74. The van der Waals surface area contributed by atoms with Crippen molar-refractivity contribution in [1.82, 2.24) is 0 Å². The van der Waals surface area contributed by atoms with Crippen molar-refractivity contribution < 1.29 is 0 Å². The summed E-state index contributed by atoms with van der Waals surface area (Å²) in [6, 6.07) is 7.36. The first kappa shape index (κ1) is 15.7. The summed E-state index contributed by atoms with van der Waals surface area (Å²) in [5, 5.41) is 0.881. The molecule has 1 aliphatic rings. The quantitative estimate of drug-likeness (QED) is 0.873. The highest BCUT2D eigenvalue weighted by Gasteiger charge is 2.22. The Kier molecular flexibility index (Phi) is 5.74. The van der Waals surface area contributed by atoms with E-state index in [0.717, 1.165) is 24.4 Å². The lowest BCUT2D eigenvalue weighted by Gasteiger charge is -2.37. The van der Waals surface area contributed by atoms with E-state index in [1.165, 1.54) is 36.9 Å². The minimum atomic E-state index is 0.232. The van der Waals surface area contributed by atoms with Crippen LogP contribution in [0.4, 0.5) is 5.69 Å². The van der Waals surface area contributed by atoms with Gasteiger partial charge in [0.1, 0.15) is 0 Å². The Labute approximate surface area is 128 Å². The van der Waals surface area contributed by atoms with Crippen molar-refractivity contribution in [1.29, 1.82) is 0 Å². The number of anilines is 1. The monoisotopic (exact) mass is 294 g/mol. The average molecular weight is 295 g/mol. The fourth-order valence-corrected chi connectivity index (χ4v) is 3.41. The summed E-state index contributed by atoms with van der Waals surface area (Å²) in [6.07, 6.45) is 7.01.